The van der Waals surface area contributed by atoms with Crippen LogP contribution < -0.4 is 10.1 Å². The number of rotatable bonds is 7. The van der Waals surface area contributed by atoms with Crippen LogP contribution in [-0.2, 0) is 13.2 Å². The van der Waals surface area contributed by atoms with Crippen LogP contribution in [0.1, 0.15) is 21.9 Å². The summed E-state index contributed by atoms with van der Waals surface area (Å²) in [5.41, 5.74) is 0.460. The Morgan fingerprint density at radius 2 is 1.82 bits per heavy atom. The topological polar surface area (TPSA) is 69.3 Å². The van der Waals surface area contributed by atoms with E-state index >= 15 is 0 Å². The summed E-state index contributed by atoms with van der Waals surface area (Å²) in [6.07, 6.45) is 1.52. The van der Waals surface area contributed by atoms with E-state index in [0.29, 0.717) is 11.3 Å². The highest BCUT2D eigenvalue weighted by Gasteiger charge is 2.16. The molecule has 0 saturated carbocycles. The fourth-order valence-corrected chi connectivity index (χ4v) is 3.78. The van der Waals surface area contributed by atoms with Crippen molar-refractivity contribution in [3.63, 3.8) is 0 Å². The van der Waals surface area contributed by atoms with Crippen LogP contribution in [0.3, 0.4) is 0 Å². The van der Waals surface area contributed by atoms with E-state index in [1.165, 1.54) is 16.9 Å². The second kappa shape index (κ2) is 9.41. The van der Waals surface area contributed by atoms with E-state index in [1.54, 1.807) is 30.3 Å². The third kappa shape index (κ3) is 4.65. The normalized spacial score (nSPS) is 11.0. The lowest BCUT2D eigenvalue weighted by Crippen LogP contribution is -2.12. The van der Waals surface area contributed by atoms with E-state index in [2.05, 4.69) is 10.4 Å². The molecule has 5 rings (SSSR count). The molecule has 0 unspecified atom stereocenters. The highest BCUT2D eigenvalue weighted by molar-refractivity contribution is 6.33. The molecule has 0 atom stereocenters. The Morgan fingerprint density at radius 1 is 1.03 bits per heavy atom. The number of fused-ring (bicyclic) bond motifs is 1. The first-order valence-electron chi connectivity index (χ1n) is 10.5. The van der Waals surface area contributed by atoms with E-state index in [4.69, 9.17) is 20.8 Å². The van der Waals surface area contributed by atoms with Crippen molar-refractivity contribution in [1.82, 2.24) is 9.78 Å². The van der Waals surface area contributed by atoms with Crippen LogP contribution in [0.2, 0.25) is 5.02 Å². The number of hydrogen-bond acceptors (Lipinski definition) is 4. The van der Waals surface area contributed by atoms with Gasteiger partial charge in [0, 0.05) is 17.1 Å². The smallest absolute Gasteiger partial charge is 0.292 e. The molecule has 0 bridgehead atoms. The third-order valence-electron chi connectivity index (χ3n) is 5.24. The molecule has 8 heteroatoms. The zero-order chi connectivity index (χ0) is 23.5. The first-order chi connectivity index (χ1) is 16.6. The largest absolute Gasteiger partial charge is 0.485 e. The Hall–Kier alpha value is -4.10. The van der Waals surface area contributed by atoms with Gasteiger partial charge in [0.1, 0.15) is 29.0 Å². The molecule has 170 valence electrons. The second-order valence-corrected chi connectivity index (χ2v) is 8.01. The number of benzene rings is 3. The predicted molar refractivity (Wildman–Crippen MR) is 128 cm³/mol. The SMILES string of the molecule is O=C(Nc1nn(Cc2ccccc2F)cc1Cl)c1ccc(COc2cccc3ccccc23)o1. The van der Waals surface area contributed by atoms with Gasteiger partial charge in [-0.2, -0.15) is 5.10 Å². The number of furan rings is 1. The summed E-state index contributed by atoms with van der Waals surface area (Å²) in [4.78, 5) is 12.6. The van der Waals surface area contributed by atoms with E-state index in [0.717, 1.165) is 16.5 Å². The number of nitrogens with one attached hydrogen (secondary N) is 1. The first kappa shape index (κ1) is 21.7. The highest BCUT2D eigenvalue weighted by atomic mass is 35.5. The lowest BCUT2D eigenvalue weighted by molar-refractivity contribution is 0.0992. The van der Waals surface area contributed by atoms with Gasteiger partial charge in [0.2, 0.25) is 0 Å². The van der Waals surface area contributed by atoms with Gasteiger partial charge in [0.05, 0.1) is 6.54 Å². The van der Waals surface area contributed by atoms with Crippen molar-refractivity contribution in [2.75, 3.05) is 5.32 Å². The van der Waals surface area contributed by atoms with Gasteiger partial charge < -0.3 is 14.5 Å². The average molecular weight is 476 g/mol. The summed E-state index contributed by atoms with van der Waals surface area (Å²) >= 11 is 6.21. The minimum atomic E-state index is -0.505. The number of hydrogen-bond donors (Lipinski definition) is 1. The summed E-state index contributed by atoms with van der Waals surface area (Å²) in [7, 11) is 0. The van der Waals surface area contributed by atoms with Gasteiger partial charge in [-0.15, -0.1) is 0 Å². The van der Waals surface area contributed by atoms with Crippen molar-refractivity contribution < 1.29 is 18.3 Å². The molecule has 34 heavy (non-hydrogen) atoms. The maximum absolute atomic E-state index is 13.9. The Morgan fingerprint density at radius 3 is 2.71 bits per heavy atom. The zero-order valence-corrected chi connectivity index (χ0v) is 18.6. The molecule has 2 aromatic heterocycles. The van der Waals surface area contributed by atoms with Crippen molar-refractivity contribution in [3.8, 4) is 5.75 Å². The molecule has 0 aliphatic rings. The Labute approximate surface area is 199 Å². The molecule has 3 aromatic carbocycles. The molecule has 5 aromatic rings. The minimum Gasteiger partial charge on any atom is -0.485 e. The summed E-state index contributed by atoms with van der Waals surface area (Å²) in [6, 6.07) is 23.4. The predicted octanol–water partition coefficient (Wildman–Crippen LogP) is 6.30. The number of anilines is 1. The Bertz CT molecular complexity index is 1470. The number of aromatic nitrogens is 2. The van der Waals surface area contributed by atoms with Crippen LogP contribution >= 0.6 is 11.6 Å². The van der Waals surface area contributed by atoms with Gasteiger partial charge in [-0.3, -0.25) is 9.48 Å². The van der Waals surface area contributed by atoms with Crippen LogP contribution in [0.4, 0.5) is 10.2 Å². The number of ether oxygens (including phenoxy) is 1. The van der Waals surface area contributed by atoms with Crippen LogP contribution in [-0.4, -0.2) is 15.7 Å². The van der Waals surface area contributed by atoms with Gasteiger partial charge in [0.25, 0.3) is 5.91 Å². The molecular weight excluding hydrogens is 457 g/mol. The summed E-state index contributed by atoms with van der Waals surface area (Å²) in [5, 5.41) is 9.17. The minimum absolute atomic E-state index is 0.0937. The molecule has 0 aliphatic heterocycles. The summed E-state index contributed by atoms with van der Waals surface area (Å²) < 4.78 is 26.9. The molecule has 0 spiro atoms. The molecular formula is C26H19ClFN3O3. The quantitative estimate of drug-likeness (QED) is 0.300. The van der Waals surface area contributed by atoms with Crippen molar-refractivity contribution in [1.29, 1.82) is 0 Å². The zero-order valence-electron chi connectivity index (χ0n) is 17.9. The van der Waals surface area contributed by atoms with Crippen molar-refractivity contribution in [3.05, 3.63) is 113 Å². The molecule has 1 N–H and O–H groups in total. The van der Waals surface area contributed by atoms with Gasteiger partial charge >= 0.3 is 0 Å². The van der Waals surface area contributed by atoms with Crippen molar-refractivity contribution in [2.24, 2.45) is 0 Å². The van der Waals surface area contributed by atoms with Crippen LogP contribution in [0.25, 0.3) is 10.8 Å². The molecule has 0 radical (unpaired) electrons. The highest BCUT2D eigenvalue weighted by Crippen LogP contribution is 2.26. The van der Waals surface area contributed by atoms with Crippen molar-refractivity contribution in [2.45, 2.75) is 13.2 Å². The van der Waals surface area contributed by atoms with Gasteiger partial charge in [-0.05, 0) is 29.7 Å². The van der Waals surface area contributed by atoms with E-state index < -0.39 is 5.91 Å². The molecule has 0 saturated heterocycles. The number of nitrogens with zero attached hydrogens (tertiary/aromatic N) is 2. The van der Waals surface area contributed by atoms with Crippen LogP contribution in [0, 0.1) is 5.82 Å². The maximum atomic E-state index is 13.9. The molecule has 2 heterocycles. The molecule has 1 amide bonds. The second-order valence-electron chi connectivity index (χ2n) is 7.60. The van der Waals surface area contributed by atoms with Crippen molar-refractivity contribution >= 4 is 34.1 Å². The summed E-state index contributed by atoms with van der Waals surface area (Å²) in [6.45, 7) is 0.345. The average Bonchev–Trinajstić information content (AvgIpc) is 3.46. The number of halogens is 2. The lowest BCUT2D eigenvalue weighted by Gasteiger charge is -2.08. The number of carbonyl (C=O) groups excluding carboxylic acids is 1. The summed E-state index contributed by atoms with van der Waals surface area (Å²) in [5.74, 6) is 0.633. The molecule has 0 aliphatic carbocycles. The fourth-order valence-electron chi connectivity index (χ4n) is 3.58. The number of amides is 1. The third-order valence-corrected chi connectivity index (χ3v) is 5.52. The molecule has 6 nitrogen and oxygen atoms in total. The van der Waals surface area contributed by atoms with E-state index in [1.807, 2.05) is 42.5 Å². The number of carbonyl (C=O) groups is 1. The Balaban J connectivity index is 1.24. The molecule has 0 fully saturated rings. The van der Waals surface area contributed by atoms with Gasteiger partial charge in [-0.25, -0.2) is 4.39 Å². The Kier molecular flexibility index (Phi) is 6.01. The standard InChI is InChI=1S/C26H19ClFN3O3/c27-21-15-31(14-18-7-2-4-10-22(18)28)30-25(21)29-26(32)24-13-12-19(34-24)16-33-23-11-5-8-17-6-1-3-9-20(17)23/h1-13,15H,14,16H2,(H,29,30,32). The van der Waals surface area contributed by atoms with Crippen LogP contribution in [0.15, 0.2) is 89.5 Å². The van der Waals surface area contributed by atoms with Gasteiger partial charge in [0.15, 0.2) is 11.6 Å². The van der Waals surface area contributed by atoms with Crippen LogP contribution in [0.5, 0.6) is 5.75 Å². The van der Waals surface area contributed by atoms with E-state index in [9.17, 15) is 9.18 Å². The van der Waals surface area contributed by atoms with Gasteiger partial charge in [-0.1, -0.05) is 66.2 Å². The monoisotopic (exact) mass is 475 g/mol. The first-order valence-corrected chi connectivity index (χ1v) is 10.9. The lowest BCUT2D eigenvalue weighted by atomic mass is 10.1. The maximum Gasteiger partial charge on any atom is 0.292 e. The fraction of sp³-hybridized carbons (Fsp3) is 0.0769. The van der Waals surface area contributed by atoms with E-state index in [-0.39, 0.29) is 35.6 Å².